The van der Waals surface area contributed by atoms with Gasteiger partial charge in [0.15, 0.2) is 0 Å². The Morgan fingerprint density at radius 2 is 0.905 bits per heavy atom. The van der Waals surface area contributed by atoms with Gasteiger partial charge in [-0.05, 0) is 205 Å². The van der Waals surface area contributed by atoms with E-state index in [9.17, 15) is 72.5 Å². The third-order valence-corrected chi connectivity index (χ3v) is 18.0. The molecule has 0 aliphatic carbocycles. The van der Waals surface area contributed by atoms with Crippen LogP contribution in [0.3, 0.4) is 0 Å². The standard InChI is InChI=1S/C85H139N17O24/c1-22-26-49(4)75(115)121-55-31-29-53(30-32-55)65(105)94-60(38-44-92-102-80(120)126-85(19,20)21)70(110)101-64(51(6)104)74(114)97-57(35-41-88-77(117)123-82(10,11)12)67(107)93-54-33-39-86-73(113)63(50(5)103)100-69(109)59(37-43-90-79(119)125-84(16,17)18)95-68(108)58(36-42-89-78(118)124-83(13,14)15)96-71(111)61(45-48(2)3)98-72(112)62(46-52-27-24-23-25-28-52)99-66(106)56(91-47-54)34-40-87-76(116)122-81(7,8)9/h23-25,27-32,48-51,54,56-64,91-92,103-104H,22,26,33-47H2,1-21H3,(H,86,113)(H,87,116)(H,88,117)(H,89,118)(H,90,119)(H,93,107)(H,94,105)(H,95,108)(H,96,111)(H,97,114)(H,98,112)(H,99,106)(H,100,109)(H,101,110)(H,102,120)/t49?,50-,51?,54-,56-,57-,58-,59-,60-,61-,62+,63-,64-/m0/s1. The number of hydrogen-bond donors (Lipinski definition) is 19. The van der Waals surface area contributed by atoms with E-state index in [4.69, 9.17) is 28.4 Å². The van der Waals surface area contributed by atoms with Gasteiger partial charge in [0.1, 0.15) is 82.1 Å². The summed E-state index contributed by atoms with van der Waals surface area (Å²) in [4.78, 5) is 226. The van der Waals surface area contributed by atoms with Crippen molar-refractivity contribution >= 4 is 95.5 Å². The van der Waals surface area contributed by atoms with Crippen LogP contribution in [0.1, 0.15) is 219 Å². The Morgan fingerprint density at radius 1 is 0.468 bits per heavy atom. The molecule has 1 aliphatic heterocycles. The highest BCUT2D eigenvalue weighted by molar-refractivity contribution is 6.00. The molecule has 0 spiro atoms. The summed E-state index contributed by atoms with van der Waals surface area (Å²) in [7, 11) is 0. The van der Waals surface area contributed by atoms with Crippen LogP contribution in [-0.4, -0.2) is 252 Å². The lowest BCUT2D eigenvalue weighted by Gasteiger charge is -2.29. The highest BCUT2D eigenvalue weighted by Crippen LogP contribution is 2.19. The molecular formula is C85H139N17O24. The van der Waals surface area contributed by atoms with E-state index in [0.29, 0.717) is 12.0 Å². The first-order chi connectivity index (χ1) is 58.5. The summed E-state index contributed by atoms with van der Waals surface area (Å²) in [6.07, 6.45) is -9.34. The van der Waals surface area contributed by atoms with Gasteiger partial charge in [0.2, 0.25) is 53.2 Å². The smallest absolute Gasteiger partial charge is 0.422 e. The molecule has 708 valence electrons. The van der Waals surface area contributed by atoms with Crippen LogP contribution in [0.25, 0.3) is 0 Å². The monoisotopic (exact) mass is 1780 g/mol. The largest absolute Gasteiger partial charge is 0.444 e. The Balaban J connectivity index is 2.36. The maximum atomic E-state index is 15.4. The Hall–Kier alpha value is -11.2. The van der Waals surface area contributed by atoms with Crippen molar-refractivity contribution in [3.63, 3.8) is 0 Å². The maximum absolute atomic E-state index is 15.4. The molecule has 13 atom stereocenters. The van der Waals surface area contributed by atoms with Gasteiger partial charge in [-0.1, -0.05) is 64.4 Å². The minimum Gasteiger partial charge on any atom is -0.444 e. The number of carbonyl (C=O) groups excluding carboxylic acids is 16. The van der Waals surface area contributed by atoms with E-state index in [1.807, 2.05) is 6.92 Å². The second kappa shape index (κ2) is 52.0. The molecule has 2 aromatic rings. The third kappa shape index (κ3) is 45.1. The van der Waals surface area contributed by atoms with Crippen LogP contribution in [0.4, 0.5) is 24.0 Å². The number of esters is 1. The lowest BCUT2D eigenvalue weighted by atomic mass is 10.00. The van der Waals surface area contributed by atoms with Crippen molar-refractivity contribution in [1.29, 1.82) is 0 Å². The van der Waals surface area contributed by atoms with Crippen molar-refractivity contribution in [2.45, 2.75) is 310 Å². The number of alkyl carbamates (subject to hydrolysis) is 4. The van der Waals surface area contributed by atoms with Gasteiger partial charge in [-0.25, -0.2) is 29.4 Å². The SMILES string of the molecule is CCCC(C)C(=O)Oc1ccc(C(=O)N[C@@H](CCNNC(=O)OC(C)(C)C)C(=O)N[C@H](C(=O)N[C@@H](CCNC(=O)OC(C)(C)C)C(=O)N[C@H]2CCNC(=O)[C@H]([C@H](C)O)NC(=O)[C@H](CCNC(=O)OC(C)(C)C)NC(=O)[C@H](CCNC(=O)OC(C)(C)C)NC(=O)[C@H](CC(C)C)NC(=O)[C@@H](Cc3ccccc3)NC(=O)[C@H](CCNC(=O)OC(C)(C)C)NC2)C(C)O)cc1. The Morgan fingerprint density at radius 3 is 1.39 bits per heavy atom. The van der Waals surface area contributed by atoms with Gasteiger partial charge in [0, 0.05) is 63.8 Å². The van der Waals surface area contributed by atoms with Crippen LogP contribution < -0.4 is 95.3 Å². The van der Waals surface area contributed by atoms with Crippen molar-refractivity contribution in [2.24, 2.45) is 11.8 Å². The summed E-state index contributed by atoms with van der Waals surface area (Å²) in [6.45, 7) is 31.0. The number of hydrazine groups is 1. The summed E-state index contributed by atoms with van der Waals surface area (Å²) < 4.78 is 32.5. The van der Waals surface area contributed by atoms with Crippen LogP contribution in [-0.2, 0) is 78.1 Å². The number of aliphatic hydroxyl groups is 2. The average molecular weight is 1780 g/mol. The second-order valence-corrected chi connectivity index (χ2v) is 36.2. The van der Waals surface area contributed by atoms with E-state index in [1.165, 1.54) is 24.3 Å². The van der Waals surface area contributed by atoms with Gasteiger partial charge >= 0.3 is 36.4 Å². The molecule has 41 heteroatoms. The number of hydrogen-bond acceptors (Lipinski definition) is 26. The zero-order chi connectivity index (χ0) is 95.2. The van der Waals surface area contributed by atoms with Crippen LogP contribution in [0, 0.1) is 11.8 Å². The zero-order valence-corrected chi connectivity index (χ0v) is 76.7. The van der Waals surface area contributed by atoms with Crippen LogP contribution >= 0.6 is 0 Å². The minimum absolute atomic E-state index is 0.0170. The predicted octanol–water partition coefficient (Wildman–Crippen LogP) is 2.61. The van der Waals surface area contributed by atoms with E-state index in [2.05, 4.69) is 90.6 Å². The molecule has 41 nitrogen and oxygen atoms in total. The number of ether oxygens (including phenoxy) is 6. The number of nitrogens with one attached hydrogen (secondary N) is 17. The van der Waals surface area contributed by atoms with Crippen molar-refractivity contribution < 1.29 is 115 Å². The lowest BCUT2D eigenvalue weighted by Crippen LogP contribution is -2.61. The molecule has 0 radical (unpaired) electrons. The fraction of sp³-hybridized carbons (Fsp3) is 0.671. The molecule has 1 heterocycles. The summed E-state index contributed by atoms with van der Waals surface area (Å²) in [6, 6.07) is -2.49. The molecule has 0 saturated carbocycles. The zero-order valence-electron chi connectivity index (χ0n) is 76.7. The van der Waals surface area contributed by atoms with E-state index in [0.717, 1.165) is 20.3 Å². The quantitative estimate of drug-likeness (QED) is 0.0157. The molecular weight excluding hydrogens is 1640 g/mol. The summed E-state index contributed by atoms with van der Waals surface area (Å²) in [5.74, 6) is -11.3. The van der Waals surface area contributed by atoms with Gasteiger partial charge < -0.3 is 118 Å². The van der Waals surface area contributed by atoms with Gasteiger partial charge in [0.05, 0.1) is 24.2 Å². The van der Waals surface area contributed by atoms with Crippen molar-refractivity contribution in [2.75, 3.05) is 45.8 Å². The van der Waals surface area contributed by atoms with Gasteiger partial charge in [-0.2, -0.15) is 0 Å². The number of aliphatic hydroxyl groups excluding tert-OH is 2. The van der Waals surface area contributed by atoms with Crippen molar-refractivity contribution in [1.82, 2.24) is 90.6 Å². The third-order valence-electron chi connectivity index (χ3n) is 18.0. The number of carbonyl (C=O) groups is 16. The first kappa shape index (κ1) is 109. The first-order valence-corrected chi connectivity index (χ1v) is 42.6. The van der Waals surface area contributed by atoms with E-state index < -0.39 is 235 Å². The van der Waals surface area contributed by atoms with Crippen molar-refractivity contribution in [3.05, 3.63) is 65.7 Å². The van der Waals surface area contributed by atoms with Gasteiger partial charge in [-0.3, -0.25) is 58.2 Å². The van der Waals surface area contributed by atoms with E-state index >= 15 is 14.4 Å². The fourth-order valence-electron chi connectivity index (χ4n) is 12.0. The molecule has 1 saturated heterocycles. The summed E-state index contributed by atoms with van der Waals surface area (Å²) in [5, 5.41) is 62.3. The predicted molar refractivity (Wildman–Crippen MR) is 463 cm³/mol. The highest BCUT2D eigenvalue weighted by Gasteiger charge is 2.39. The number of benzene rings is 2. The normalized spacial score (nSPS) is 19.5. The molecule has 1 fully saturated rings. The number of rotatable bonds is 34. The fourth-order valence-corrected chi connectivity index (χ4v) is 12.0. The molecule has 19 N–H and O–H groups in total. The minimum atomic E-state index is -1.96. The molecule has 3 rings (SSSR count). The van der Waals surface area contributed by atoms with Gasteiger partial charge in [-0.15, -0.1) is 0 Å². The molecule has 2 unspecified atom stereocenters. The van der Waals surface area contributed by atoms with Crippen LogP contribution in [0.5, 0.6) is 5.75 Å². The Kier molecular flexibility index (Phi) is 45.0. The second-order valence-electron chi connectivity index (χ2n) is 36.2. The first-order valence-electron chi connectivity index (χ1n) is 42.6. The molecule has 1 aliphatic rings. The van der Waals surface area contributed by atoms with E-state index in [-0.39, 0.29) is 81.9 Å². The lowest BCUT2D eigenvalue weighted by molar-refractivity contribution is -0.138. The van der Waals surface area contributed by atoms with Crippen LogP contribution in [0.15, 0.2) is 54.6 Å². The summed E-state index contributed by atoms with van der Waals surface area (Å²) in [5.41, 5.74) is 0.567. The summed E-state index contributed by atoms with van der Waals surface area (Å²) >= 11 is 0. The molecule has 2 aromatic carbocycles. The molecule has 0 aromatic heterocycles. The van der Waals surface area contributed by atoms with Crippen LogP contribution in [0.2, 0.25) is 0 Å². The maximum Gasteiger partial charge on any atom is 0.422 e. The Bertz CT molecular complexity index is 3930. The van der Waals surface area contributed by atoms with E-state index in [1.54, 1.807) is 155 Å². The highest BCUT2D eigenvalue weighted by atomic mass is 16.6. The van der Waals surface area contributed by atoms with Crippen molar-refractivity contribution in [3.8, 4) is 5.75 Å². The topological polar surface area (TPSA) is 573 Å². The molecule has 126 heavy (non-hydrogen) atoms. The molecule has 15 amide bonds. The van der Waals surface area contributed by atoms with Gasteiger partial charge in [0.25, 0.3) is 5.91 Å². The Labute approximate surface area is 737 Å². The number of amides is 15. The molecule has 0 bridgehead atoms. The average Bonchev–Trinajstić information content (AvgIpc) is 0.995.